The molecular formula is C21H31NO2. The van der Waals surface area contributed by atoms with Gasteiger partial charge in [0.25, 0.3) is 0 Å². The van der Waals surface area contributed by atoms with Gasteiger partial charge in [0.15, 0.2) is 0 Å². The minimum atomic E-state index is 0.0424. The molecule has 2 aliphatic carbocycles. The third-order valence-electron chi connectivity index (χ3n) is 5.54. The predicted octanol–water partition coefficient (Wildman–Crippen LogP) is 5.33. The number of hydrogen-bond donors (Lipinski definition) is 0. The van der Waals surface area contributed by atoms with E-state index in [1.54, 1.807) is 6.08 Å². The van der Waals surface area contributed by atoms with Crippen LogP contribution in [0.2, 0.25) is 0 Å². The van der Waals surface area contributed by atoms with Crippen molar-refractivity contribution in [2.75, 3.05) is 0 Å². The van der Waals surface area contributed by atoms with E-state index in [2.05, 4.69) is 13.0 Å². The highest BCUT2D eigenvalue weighted by Crippen LogP contribution is 2.33. The first-order chi connectivity index (χ1) is 11.7. The molecule has 0 amide bonds. The Morgan fingerprint density at radius 3 is 2.42 bits per heavy atom. The molecule has 2 rings (SSSR count). The minimum Gasteiger partial charge on any atom is -0.462 e. The molecule has 0 aromatic heterocycles. The molecule has 2 aliphatic rings. The van der Waals surface area contributed by atoms with E-state index in [-0.39, 0.29) is 18.0 Å². The fourth-order valence-electron chi connectivity index (χ4n) is 4.07. The van der Waals surface area contributed by atoms with Gasteiger partial charge in [0, 0.05) is 6.08 Å². The molecule has 0 bridgehead atoms. The molecule has 0 atom stereocenters. The number of ether oxygens (including phenoxy) is 1. The number of carbonyl (C=O) groups is 1. The van der Waals surface area contributed by atoms with E-state index in [1.165, 1.54) is 31.8 Å². The number of nitrogens with zero attached hydrogens (tertiary/aromatic N) is 1. The van der Waals surface area contributed by atoms with E-state index in [0.717, 1.165) is 44.4 Å². The summed E-state index contributed by atoms with van der Waals surface area (Å²) >= 11 is 0. The highest BCUT2D eigenvalue weighted by Gasteiger charge is 2.29. The Morgan fingerprint density at radius 1 is 1.08 bits per heavy atom. The number of rotatable bonds is 6. The van der Waals surface area contributed by atoms with Crippen molar-refractivity contribution in [3.05, 3.63) is 24.3 Å². The number of esters is 1. The van der Waals surface area contributed by atoms with Crippen LogP contribution in [0.1, 0.15) is 71.1 Å². The van der Waals surface area contributed by atoms with E-state index in [4.69, 9.17) is 10.00 Å². The van der Waals surface area contributed by atoms with E-state index >= 15 is 0 Å². The number of allylic oxidation sites excluding steroid dienone is 4. The number of carbonyl (C=O) groups excluding carboxylic acids is 1. The molecule has 0 aliphatic heterocycles. The van der Waals surface area contributed by atoms with Crippen LogP contribution in [-0.4, -0.2) is 12.1 Å². The molecule has 2 fully saturated rings. The van der Waals surface area contributed by atoms with Gasteiger partial charge in [0.05, 0.1) is 12.0 Å². The van der Waals surface area contributed by atoms with Crippen molar-refractivity contribution < 1.29 is 9.53 Å². The fourth-order valence-corrected chi connectivity index (χ4v) is 4.07. The van der Waals surface area contributed by atoms with Crippen LogP contribution in [0.25, 0.3) is 0 Å². The molecular weight excluding hydrogens is 298 g/mol. The molecule has 0 unspecified atom stereocenters. The van der Waals surface area contributed by atoms with E-state index in [0.29, 0.717) is 5.92 Å². The first-order valence-corrected chi connectivity index (χ1v) is 9.66. The smallest absolute Gasteiger partial charge is 0.309 e. The van der Waals surface area contributed by atoms with Gasteiger partial charge in [-0.25, -0.2) is 0 Å². The summed E-state index contributed by atoms with van der Waals surface area (Å²) in [6.07, 6.45) is 18.6. The van der Waals surface area contributed by atoms with Crippen molar-refractivity contribution in [2.24, 2.45) is 17.8 Å². The molecule has 24 heavy (non-hydrogen) atoms. The van der Waals surface area contributed by atoms with Crippen LogP contribution < -0.4 is 0 Å². The summed E-state index contributed by atoms with van der Waals surface area (Å²) in [5, 5.41) is 8.45. The molecule has 0 N–H and O–H groups in total. The summed E-state index contributed by atoms with van der Waals surface area (Å²) < 4.78 is 5.80. The molecule has 0 radical (unpaired) electrons. The zero-order valence-electron chi connectivity index (χ0n) is 15.0. The second-order valence-electron chi connectivity index (χ2n) is 7.35. The Bertz CT molecular complexity index is 473. The van der Waals surface area contributed by atoms with Crippen LogP contribution in [-0.2, 0) is 9.53 Å². The lowest BCUT2D eigenvalue weighted by Gasteiger charge is -2.31. The molecule has 0 saturated heterocycles. The zero-order valence-corrected chi connectivity index (χ0v) is 15.0. The monoisotopic (exact) mass is 329 g/mol. The second kappa shape index (κ2) is 10.3. The molecule has 0 spiro atoms. The molecule has 132 valence electrons. The Balaban J connectivity index is 1.67. The zero-order chi connectivity index (χ0) is 17.2. The predicted molar refractivity (Wildman–Crippen MR) is 96.1 cm³/mol. The van der Waals surface area contributed by atoms with Crippen molar-refractivity contribution in [1.82, 2.24) is 0 Å². The van der Waals surface area contributed by atoms with Gasteiger partial charge in [-0.3, -0.25) is 4.79 Å². The van der Waals surface area contributed by atoms with Gasteiger partial charge in [0.2, 0.25) is 0 Å². The Hall–Kier alpha value is -1.56. The van der Waals surface area contributed by atoms with Gasteiger partial charge in [-0.05, 0) is 63.2 Å². The topological polar surface area (TPSA) is 50.1 Å². The summed E-state index contributed by atoms with van der Waals surface area (Å²) in [7, 11) is 0. The summed E-state index contributed by atoms with van der Waals surface area (Å²) in [6, 6.07) is 1.98. The SMILES string of the molecule is CCC[C@H]1CC[C@H](OC(=O)[C@H]2CC[C@H](C=CC=CC#N)CC2)CC1. The van der Waals surface area contributed by atoms with Crippen LogP contribution >= 0.6 is 0 Å². The average Bonchev–Trinajstić information content (AvgIpc) is 2.61. The first kappa shape index (κ1) is 18.8. The second-order valence-corrected chi connectivity index (χ2v) is 7.35. The van der Waals surface area contributed by atoms with E-state index in [9.17, 15) is 4.79 Å². The quantitative estimate of drug-likeness (QED) is 0.376. The summed E-state index contributed by atoms with van der Waals surface area (Å²) in [5.74, 6) is 1.52. The van der Waals surface area contributed by atoms with Crippen LogP contribution in [0.4, 0.5) is 0 Å². The standard InChI is InChI=1S/C21H31NO2/c1-2-6-17-10-14-20(15-11-17)24-21(23)19-12-8-18(9-13-19)7-4-3-5-16-22/h3-5,7,17-20H,2,6,8-15H2,1H3/t17-,18-,19-,20-. The normalized spacial score (nSPS) is 31.2. The van der Waals surface area contributed by atoms with Crippen LogP contribution in [0.5, 0.6) is 0 Å². The fraction of sp³-hybridized carbons (Fsp3) is 0.714. The summed E-state index contributed by atoms with van der Waals surface area (Å²) in [4.78, 5) is 12.4. The summed E-state index contributed by atoms with van der Waals surface area (Å²) in [6.45, 7) is 2.25. The Labute approximate surface area is 146 Å². The molecule has 3 heteroatoms. The summed E-state index contributed by atoms with van der Waals surface area (Å²) in [5.41, 5.74) is 0. The maximum atomic E-state index is 12.4. The van der Waals surface area contributed by atoms with Crippen molar-refractivity contribution in [3.8, 4) is 6.07 Å². The lowest BCUT2D eigenvalue weighted by molar-refractivity contribution is -0.157. The van der Waals surface area contributed by atoms with Crippen molar-refractivity contribution in [1.29, 1.82) is 5.26 Å². The number of nitriles is 1. The van der Waals surface area contributed by atoms with Crippen LogP contribution in [0.15, 0.2) is 24.3 Å². The third kappa shape index (κ3) is 6.15. The molecule has 0 heterocycles. The lowest BCUT2D eigenvalue weighted by Crippen LogP contribution is -2.30. The van der Waals surface area contributed by atoms with Gasteiger partial charge in [-0.2, -0.15) is 5.26 Å². The minimum absolute atomic E-state index is 0.0424. The van der Waals surface area contributed by atoms with Crippen molar-refractivity contribution in [3.63, 3.8) is 0 Å². The molecule has 2 saturated carbocycles. The van der Waals surface area contributed by atoms with Gasteiger partial charge in [0.1, 0.15) is 6.10 Å². The van der Waals surface area contributed by atoms with E-state index < -0.39 is 0 Å². The van der Waals surface area contributed by atoms with Gasteiger partial charge < -0.3 is 4.74 Å². The maximum absolute atomic E-state index is 12.4. The van der Waals surface area contributed by atoms with Gasteiger partial charge in [-0.1, -0.05) is 38.0 Å². The molecule has 0 aromatic rings. The first-order valence-electron chi connectivity index (χ1n) is 9.66. The van der Waals surface area contributed by atoms with E-state index in [1.807, 2.05) is 12.1 Å². The maximum Gasteiger partial charge on any atom is 0.309 e. The molecule has 0 aromatic carbocycles. The largest absolute Gasteiger partial charge is 0.462 e. The van der Waals surface area contributed by atoms with Gasteiger partial charge >= 0.3 is 5.97 Å². The molecule has 3 nitrogen and oxygen atoms in total. The average molecular weight is 329 g/mol. The van der Waals surface area contributed by atoms with Crippen molar-refractivity contribution >= 4 is 5.97 Å². The van der Waals surface area contributed by atoms with Gasteiger partial charge in [-0.15, -0.1) is 0 Å². The Morgan fingerprint density at radius 2 is 1.79 bits per heavy atom. The van der Waals surface area contributed by atoms with Crippen molar-refractivity contribution in [2.45, 2.75) is 77.2 Å². The Kier molecular flexibility index (Phi) is 8.08. The highest BCUT2D eigenvalue weighted by atomic mass is 16.5. The highest BCUT2D eigenvalue weighted by molar-refractivity contribution is 5.72. The lowest BCUT2D eigenvalue weighted by atomic mass is 9.81. The van der Waals surface area contributed by atoms with Crippen LogP contribution in [0, 0.1) is 29.1 Å². The van der Waals surface area contributed by atoms with Crippen LogP contribution in [0.3, 0.4) is 0 Å². The number of hydrogen-bond acceptors (Lipinski definition) is 3. The third-order valence-corrected chi connectivity index (χ3v) is 5.54.